The molecule has 1 aliphatic rings. The molecular weight excluding hydrogens is 311 g/mol. The molecule has 0 saturated heterocycles. The normalized spacial score (nSPS) is 19.0. The van der Waals surface area contributed by atoms with Crippen molar-refractivity contribution >= 4 is 15.9 Å². The minimum absolute atomic E-state index is 0.102. The summed E-state index contributed by atoms with van der Waals surface area (Å²) in [6.45, 7) is 0. The molecule has 0 spiro atoms. The van der Waals surface area contributed by atoms with Crippen LogP contribution in [-0.4, -0.2) is 44.7 Å². The molecule has 1 atom stereocenters. The van der Waals surface area contributed by atoms with E-state index in [0.29, 0.717) is 0 Å². The topological polar surface area (TPSA) is 63.7 Å². The standard InChI is InChI=1S/C12H12F3NO4S/c1-16(2)9-6-8-7(11(9)17)4-3-5-10(8)20-21(18,19)12(13,14)15/h3-5,9H,6H2,1-2H3. The zero-order valence-electron chi connectivity index (χ0n) is 11.1. The molecule has 2 rings (SSSR count). The van der Waals surface area contributed by atoms with Crippen LogP contribution in [0.25, 0.3) is 0 Å². The van der Waals surface area contributed by atoms with Crippen LogP contribution < -0.4 is 4.18 Å². The van der Waals surface area contributed by atoms with Crippen molar-refractivity contribution in [1.82, 2.24) is 4.90 Å². The van der Waals surface area contributed by atoms with Crippen LogP contribution in [0, 0.1) is 0 Å². The maximum atomic E-state index is 12.4. The molecule has 0 heterocycles. The molecule has 0 N–H and O–H groups in total. The molecule has 0 fully saturated rings. The van der Waals surface area contributed by atoms with Crippen LogP contribution in [0.5, 0.6) is 5.75 Å². The largest absolute Gasteiger partial charge is 0.534 e. The van der Waals surface area contributed by atoms with Gasteiger partial charge >= 0.3 is 15.6 Å². The predicted molar refractivity (Wildman–Crippen MR) is 67.6 cm³/mol. The van der Waals surface area contributed by atoms with E-state index in [1.807, 2.05) is 0 Å². The van der Waals surface area contributed by atoms with Gasteiger partial charge in [-0.05, 0) is 26.6 Å². The second-order valence-electron chi connectivity index (χ2n) is 4.81. The third-order valence-electron chi connectivity index (χ3n) is 3.20. The average Bonchev–Trinajstić information content (AvgIpc) is 2.67. The maximum absolute atomic E-state index is 12.4. The molecule has 0 bridgehead atoms. The van der Waals surface area contributed by atoms with Crippen LogP contribution in [0.2, 0.25) is 0 Å². The van der Waals surface area contributed by atoms with E-state index in [4.69, 9.17) is 0 Å². The summed E-state index contributed by atoms with van der Waals surface area (Å²) in [5.74, 6) is -0.729. The minimum Gasteiger partial charge on any atom is -0.376 e. The highest BCUT2D eigenvalue weighted by molar-refractivity contribution is 7.88. The van der Waals surface area contributed by atoms with Crippen molar-refractivity contribution in [2.45, 2.75) is 18.0 Å². The summed E-state index contributed by atoms with van der Waals surface area (Å²) in [6, 6.07) is 3.29. The minimum atomic E-state index is -5.75. The molecule has 0 amide bonds. The Labute approximate surface area is 119 Å². The molecule has 5 nitrogen and oxygen atoms in total. The fraction of sp³-hybridized carbons (Fsp3) is 0.417. The van der Waals surface area contributed by atoms with Gasteiger partial charge in [-0.1, -0.05) is 12.1 Å². The van der Waals surface area contributed by atoms with Gasteiger partial charge in [0, 0.05) is 11.1 Å². The Kier molecular flexibility index (Phi) is 3.75. The monoisotopic (exact) mass is 323 g/mol. The molecule has 21 heavy (non-hydrogen) atoms. The quantitative estimate of drug-likeness (QED) is 0.624. The van der Waals surface area contributed by atoms with E-state index in [-0.39, 0.29) is 23.3 Å². The van der Waals surface area contributed by atoms with Gasteiger partial charge in [-0.2, -0.15) is 21.6 Å². The van der Waals surface area contributed by atoms with E-state index in [0.717, 1.165) is 6.07 Å². The van der Waals surface area contributed by atoms with Gasteiger partial charge in [-0.3, -0.25) is 9.69 Å². The highest BCUT2D eigenvalue weighted by Gasteiger charge is 2.49. The van der Waals surface area contributed by atoms with E-state index in [1.165, 1.54) is 12.1 Å². The lowest BCUT2D eigenvalue weighted by Gasteiger charge is -2.16. The summed E-state index contributed by atoms with van der Waals surface area (Å²) in [7, 11) is -2.44. The Hall–Kier alpha value is -1.61. The molecule has 9 heteroatoms. The van der Waals surface area contributed by atoms with Crippen molar-refractivity contribution in [3.8, 4) is 5.75 Å². The van der Waals surface area contributed by atoms with E-state index in [2.05, 4.69) is 4.18 Å². The summed E-state index contributed by atoms with van der Waals surface area (Å²) in [4.78, 5) is 13.7. The van der Waals surface area contributed by atoms with Crippen molar-refractivity contribution in [3.05, 3.63) is 29.3 Å². The Morgan fingerprint density at radius 2 is 1.90 bits per heavy atom. The first-order valence-corrected chi connectivity index (χ1v) is 7.28. The van der Waals surface area contributed by atoms with Crippen LogP contribution in [-0.2, 0) is 16.5 Å². The number of benzene rings is 1. The van der Waals surface area contributed by atoms with Crippen molar-refractivity contribution in [1.29, 1.82) is 0 Å². The summed E-state index contributed by atoms with van der Waals surface area (Å²) >= 11 is 0. The molecule has 1 aromatic carbocycles. The van der Waals surface area contributed by atoms with E-state index >= 15 is 0 Å². The average molecular weight is 323 g/mol. The first-order valence-electron chi connectivity index (χ1n) is 5.88. The second kappa shape index (κ2) is 4.99. The predicted octanol–water partition coefficient (Wildman–Crippen LogP) is 1.58. The van der Waals surface area contributed by atoms with Gasteiger partial charge < -0.3 is 4.18 Å². The van der Waals surface area contributed by atoms with Crippen molar-refractivity contribution < 1.29 is 30.6 Å². The molecule has 116 valence electrons. The van der Waals surface area contributed by atoms with Gasteiger partial charge in [-0.25, -0.2) is 0 Å². The molecule has 0 radical (unpaired) electrons. The fourth-order valence-electron chi connectivity index (χ4n) is 2.13. The SMILES string of the molecule is CN(C)C1Cc2c(OS(=O)(=O)C(F)(F)F)cccc2C1=O. The summed E-state index contributed by atoms with van der Waals surface area (Å²) in [5, 5.41) is 0. The van der Waals surface area contributed by atoms with Crippen LogP contribution in [0.3, 0.4) is 0 Å². The van der Waals surface area contributed by atoms with E-state index < -0.39 is 27.4 Å². The lowest BCUT2D eigenvalue weighted by molar-refractivity contribution is -0.0500. The number of Topliss-reactive ketones (excluding diaryl/α,β-unsaturated/α-hetero) is 1. The summed E-state index contributed by atoms with van der Waals surface area (Å²) in [5.41, 5.74) is -5.16. The number of carbonyl (C=O) groups is 1. The van der Waals surface area contributed by atoms with Gasteiger partial charge in [0.15, 0.2) is 5.78 Å². The number of rotatable bonds is 3. The van der Waals surface area contributed by atoms with Crippen molar-refractivity contribution in [2.24, 2.45) is 0 Å². The molecule has 1 unspecified atom stereocenters. The van der Waals surface area contributed by atoms with Crippen LogP contribution in [0.4, 0.5) is 13.2 Å². The number of ketones is 1. The number of alkyl halides is 3. The van der Waals surface area contributed by atoms with Crippen molar-refractivity contribution in [3.63, 3.8) is 0 Å². The number of nitrogens with zero attached hydrogens (tertiary/aromatic N) is 1. The van der Waals surface area contributed by atoms with Crippen molar-refractivity contribution in [2.75, 3.05) is 14.1 Å². The lowest BCUT2D eigenvalue weighted by atomic mass is 10.1. The third kappa shape index (κ3) is 2.75. The Morgan fingerprint density at radius 3 is 2.43 bits per heavy atom. The zero-order chi connectivity index (χ0) is 16.0. The summed E-state index contributed by atoms with van der Waals surface area (Å²) in [6.07, 6.45) is 0.102. The number of halogens is 3. The zero-order valence-corrected chi connectivity index (χ0v) is 12.0. The highest BCUT2D eigenvalue weighted by atomic mass is 32.2. The first kappa shape index (κ1) is 15.8. The van der Waals surface area contributed by atoms with Gasteiger partial charge in [0.25, 0.3) is 0 Å². The molecule has 0 aliphatic heterocycles. The van der Waals surface area contributed by atoms with Gasteiger partial charge in [-0.15, -0.1) is 0 Å². The van der Waals surface area contributed by atoms with Crippen LogP contribution in [0.15, 0.2) is 18.2 Å². The van der Waals surface area contributed by atoms with Gasteiger partial charge in [0.05, 0.1) is 6.04 Å². The van der Waals surface area contributed by atoms with Gasteiger partial charge in [0.2, 0.25) is 0 Å². The molecule has 1 aromatic rings. The Morgan fingerprint density at radius 1 is 1.29 bits per heavy atom. The smallest absolute Gasteiger partial charge is 0.376 e. The molecular formula is C12H12F3NO4S. The summed E-state index contributed by atoms with van der Waals surface area (Å²) < 4.78 is 63.4. The molecule has 1 aliphatic carbocycles. The van der Waals surface area contributed by atoms with E-state index in [9.17, 15) is 26.4 Å². The maximum Gasteiger partial charge on any atom is 0.534 e. The fourth-order valence-corrected chi connectivity index (χ4v) is 2.62. The van der Waals surface area contributed by atoms with Crippen LogP contribution >= 0.6 is 0 Å². The number of hydrogen-bond donors (Lipinski definition) is 0. The number of likely N-dealkylation sites (N-methyl/N-ethyl adjacent to an activating group) is 1. The molecule has 0 aromatic heterocycles. The number of fused-ring (bicyclic) bond motifs is 1. The van der Waals surface area contributed by atoms with Gasteiger partial charge in [0.1, 0.15) is 5.75 Å². The Bertz CT molecular complexity index is 682. The van der Waals surface area contributed by atoms with E-state index in [1.54, 1.807) is 19.0 Å². The Balaban J connectivity index is 2.42. The number of hydrogen-bond acceptors (Lipinski definition) is 5. The number of carbonyl (C=O) groups excluding carboxylic acids is 1. The lowest BCUT2D eigenvalue weighted by Crippen LogP contribution is -2.33. The highest BCUT2D eigenvalue weighted by Crippen LogP contribution is 2.35. The second-order valence-corrected chi connectivity index (χ2v) is 6.35. The first-order chi connectivity index (χ1) is 9.54. The molecule has 0 saturated carbocycles. The van der Waals surface area contributed by atoms with Crippen LogP contribution in [0.1, 0.15) is 15.9 Å². The third-order valence-corrected chi connectivity index (χ3v) is 4.17.